The van der Waals surface area contributed by atoms with Crippen LogP contribution in [0.1, 0.15) is 57.6 Å². The number of piperidine rings is 1. The van der Waals surface area contributed by atoms with Gasteiger partial charge in [-0.2, -0.15) is 0 Å². The lowest BCUT2D eigenvalue weighted by Crippen LogP contribution is -2.65. The Balaban J connectivity index is 1.77. The monoisotopic (exact) mass is 560 g/mol. The van der Waals surface area contributed by atoms with Crippen molar-refractivity contribution < 1.29 is 27.6 Å². The highest BCUT2D eigenvalue weighted by Crippen LogP contribution is 2.49. The molecule has 2 aromatic rings. The van der Waals surface area contributed by atoms with Crippen LogP contribution in [0.2, 0.25) is 5.02 Å². The Morgan fingerprint density at radius 1 is 1.24 bits per heavy atom. The number of rotatable bonds is 4. The molecule has 3 unspecified atom stereocenters. The third-order valence-corrected chi connectivity index (χ3v) is 8.65. The predicted octanol–water partition coefficient (Wildman–Crippen LogP) is 5.11. The van der Waals surface area contributed by atoms with Crippen LogP contribution in [0.3, 0.4) is 0 Å². The van der Waals surface area contributed by atoms with Crippen molar-refractivity contribution in [3.8, 4) is 11.1 Å². The molecule has 10 heteroatoms. The minimum atomic E-state index is -3.41. The highest BCUT2D eigenvalue weighted by atomic mass is 35.5. The third-order valence-electron chi connectivity index (χ3n) is 7.23. The average molecular weight is 561 g/mol. The summed E-state index contributed by atoms with van der Waals surface area (Å²) in [5.41, 5.74) is 0.904. The van der Waals surface area contributed by atoms with Crippen LogP contribution in [-0.2, 0) is 29.0 Å². The SMILES string of the molecule is CC(=O)ON1CCCC2(OC(=O)C(c3cc(Cl)c(-c4cccc(S(C)(=O)=O)c4)cc3C)C2=N)C1C(C)(C)C. The standard InChI is InChI=1S/C28H33ClN2O6S/c1-16-13-21(18-9-7-10-19(14-18)38(6,34)35)22(29)15-20(16)23-24(30)28(36-25(23)33)11-8-12-31(37-17(2)32)26(28)27(3,4)5/h7,9-10,13-15,23,26,30H,8,11-12H2,1-6H3. The van der Waals surface area contributed by atoms with Gasteiger partial charge in [0, 0.05) is 30.3 Å². The van der Waals surface area contributed by atoms with E-state index in [-0.39, 0.29) is 10.6 Å². The van der Waals surface area contributed by atoms with Crippen LogP contribution in [0.4, 0.5) is 0 Å². The second kappa shape index (κ2) is 9.77. The van der Waals surface area contributed by atoms with E-state index >= 15 is 0 Å². The van der Waals surface area contributed by atoms with Crippen molar-refractivity contribution >= 4 is 39.1 Å². The van der Waals surface area contributed by atoms with Gasteiger partial charge in [-0.3, -0.25) is 9.59 Å². The molecule has 0 radical (unpaired) electrons. The van der Waals surface area contributed by atoms with E-state index < -0.39 is 44.8 Å². The van der Waals surface area contributed by atoms with E-state index in [1.54, 1.807) is 35.4 Å². The van der Waals surface area contributed by atoms with Crippen LogP contribution in [-0.4, -0.2) is 55.6 Å². The van der Waals surface area contributed by atoms with Crippen molar-refractivity contribution in [2.24, 2.45) is 5.41 Å². The van der Waals surface area contributed by atoms with Crippen molar-refractivity contribution in [1.29, 1.82) is 5.41 Å². The first-order valence-electron chi connectivity index (χ1n) is 12.4. The van der Waals surface area contributed by atoms with Crippen LogP contribution in [0.5, 0.6) is 0 Å². The van der Waals surface area contributed by atoms with Gasteiger partial charge in [0.25, 0.3) is 0 Å². The minimum Gasteiger partial charge on any atom is -0.450 e. The lowest BCUT2D eigenvalue weighted by atomic mass is 9.68. The summed E-state index contributed by atoms with van der Waals surface area (Å²) in [6.45, 7) is 9.54. The fourth-order valence-electron chi connectivity index (χ4n) is 5.84. The average Bonchev–Trinajstić information content (AvgIpc) is 3.02. The Kier molecular flexibility index (Phi) is 7.27. The molecule has 2 fully saturated rings. The first kappa shape index (κ1) is 28.3. The molecule has 1 spiro atoms. The quantitative estimate of drug-likeness (QED) is 0.517. The molecule has 204 valence electrons. The molecule has 3 atom stereocenters. The van der Waals surface area contributed by atoms with E-state index in [9.17, 15) is 23.4 Å². The zero-order valence-corrected chi connectivity index (χ0v) is 24.0. The maximum absolute atomic E-state index is 13.4. The number of hydroxylamine groups is 2. The molecule has 0 aliphatic carbocycles. The van der Waals surface area contributed by atoms with Crippen LogP contribution < -0.4 is 0 Å². The van der Waals surface area contributed by atoms with Gasteiger partial charge in [0.1, 0.15) is 5.92 Å². The Morgan fingerprint density at radius 3 is 2.53 bits per heavy atom. The first-order chi connectivity index (χ1) is 17.6. The highest BCUT2D eigenvalue weighted by molar-refractivity contribution is 7.90. The van der Waals surface area contributed by atoms with Gasteiger partial charge in [0.05, 0.1) is 16.6 Å². The van der Waals surface area contributed by atoms with Gasteiger partial charge in [0.2, 0.25) is 0 Å². The molecular weight excluding hydrogens is 528 g/mol. The lowest BCUT2D eigenvalue weighted by Gasteiger charge is -2.50. The molecule has 0 bridgehead atoms. The van der Waals surface area contributed by atoms with Crippen molar-refractivity contribution in [2.75, 3.05) is 12.8 Å². The second-order valence-electron chi connectivity index (χ2n) is 11.2. The van der Waals surface area contributed by atoms with Crippen LogP contribution in [0.15, 0.2) is 41.3 Å². The summed E-state index contributed by atoms with van der Waals surface area (Å²) >= 11 is 6.70. The van der Waals surface area contributed by atoms with Crippen molar-refractivity contribution in [1.82, 2.24) is 5.06 Å². The molecule has 0 aromatic heterocycles. The molecule has 2 aliphatic heterocycles. The van der Waals surface area contributed by atoms with Gasteiger partial charge in [-0.25, -0.2) is 8.42 Å². The number of carbonyl (C=O) groups is 2. The summed E-state index contributed by atoms with van der Waals surface area (Å²) in [4.78, 5) is 31.0. The van der Waals surface area contributed by atoms with Crippen LogP contribution >= 0.6 is 11.6 Å². The van der Waals surface area contributed by atoms with E-state index in [0.29, 0.717) is 41.1 Å². The number of nitrogens with zero attached hydrogens (tertiary/aromatic N) is 1. The zero-order valence-electron chi connectivity index (χ0n) is 22.4. The molecule has 2 heterocycles. The summed E-state index contributed by atoms with van der Waals surface area (Å²) in [7, 11) is -3.41. The largest absolute Gasteiger partial charge is 0.450 e. The van der Waals surface area contributed by atoms with E-state index in [2.05, 4.69) is 0 Å². The summed E-state index contributed by atoms with van der Waals surface area (Å²) in [5.74, 6) is -1.98. The summed E-state index contributed by atoms with van der Waals surface area (Å²) in [6.07, 6.45) is 2.17. The Labute approximate surface area is 228 Å². The van der Waals surface area contributed by atoms with Gasteiger partial charge in [0.15, 0.2) is 15.4 Å². The Morgan fingerprint density at radius 2 is 1.92 bits per heavy atom. The molecule has 2 aliphatic rings. The molecule has 2 aromatic carbocycles. The lowest BCUT2D eigenvalue weighted by molar-refractivity contribution is -0.244. The van der Waals surface area contributed by atoms with Crippen molar-refractivity contribution in [2.45, 2.75) is 69.9 Å². The molecule has 8 nitrogen and oxygen atoms in total. The predicted molar refractivity (Wildman–Crippen MR) is 145 cm³/mol. The Hall–Kier alpha value is -2.75. The van der Waals surface area contributed by atoms with E-state index in [0.717, 1.165) is 11.8 Å². The first-order valence-corrected chi connectivity index (χ1v) is 14.7. The van der Waals surface area contributed by atoms with E-state index in [4.69, 9.17) is 21.2 Å². The number of sulfone groups is 1. The van der Waals surface area contributed by atoms with Gasteiger partial charge < -0.3 is 15.0 Å². The number of halogens is 1. The van der Waals surface area contributed by atoms with Gasteiger partial charge in [-0.05, 0) is 66.1 Å². The molecule has 1 N–H and O–H groups in total. The molecular formula is C28H33ClN2O6S. The number of hydrogen-bond acceptors (Lipinski definition) is 8. The Bertz CT molecular complexity index is 1430. The molecule has 2 saturated heterocycles. The minimum absolute atomic E-state index is 0.116. The zero-order chi connectivity index (χ0) is 28.2. The number of esters is 1. The van der Waals surface area contributed by atoms with Crippen molar-refractivity contribution in [3.05, 3.63) is 52.5 Å². The number of hydrogen-bond donors (Lipinski definition) is 1. The van der Waals surface area contributed by atoms with Gasteiger partial charge in [-0.15, -0.1) is 5.06 Å². The van der Waals surface area contributed by atoms with Crippen molar-refractivity contribution in [3.63, 3.8) is 0 Å². The van der Waals surface area contributed by atoms with Gasteiger partial charge in [-0.1, -0.05) is 44.5 Å². The summed E-state index contributed by atoms with van der Waals surface area (Å²) in [5, 5.41) is 11.2. The van der Waals surface area contributed by atoms with E-state index in [1.165, 1.54) is 13.0 Å². The number of aryl methyl sites for hydroxylation is 1. The maximum atomic E-state index is 13.4. The molecule has 0 saturated carbocycles. The number of nitrogens with one attached hydrogen (secondary N) is 1. The van der Waals surface area contributed by atoms with E-state index in [1.807, 2.05) is 27.7 Å². The molecule has 4 rings (SSSR count). The smallest absolute Gasteiger partial charge is 0.322 e. The second-order valence-corrected chi connectivity index (χ2v) is 13.7. The summed E-state index contributed by atoms with van der Waals surface area (Å²) in [6, 6.07) is 9.44. The molecule has 38 heavy (non-hydrogen) atoms. The van der Waals surface area contributed by atoms with Gasteiger partial charge >= 0.3 is 11.9 Å². The van der Waals surface area contributed by atoms with Crippen LogP contribution in [0.25, 0.3) is 11.1 Å². The third kappa shape index (κ3) is 4.99. The number of ether oxygens (including phenoxy) is 1. The molecule has 0 amide bonds. The number of carbonyl (C=O) groups excluding carboxylic acids is 2. The fraction of sp³-hybridized carbons (Fsp3) is 0.464. The topological polar surface area (TPSA) is 114 Å². The van der Waals surface area contributed by atoms with Crippen LogP contribution in [0, 0.1) is 17.7 Å². The normalized spacial score (nSPS) is 24.5. The maximum Gasteiger partial charge on any atom is 0.322 e. The highest BCUT2D eigenvalue weighted by Gasteiger charge is 2.63. The summed E-state index contributed by atoms with van der Waals surface area (Å²) < 4.78 is 30.2. The fourth-order valence-corrected chi connectivity index (χ4v) is 6.79. The number of benzene rings is 2.